The van der Waals surface area contributed by atoms with Crippen molar-refractivity contribution in [3.05, 3.63) is 72.9 Å². The van der Waals surface area contributed by atoms with Gasteiger partial charge in [-0.1, -0.05) is 202 Å². The van der Waals surface area contributed by atoms with Crippen molar-refractivity contribution >= 4 is 19.8 Å². The standard InChI is InChI=1S/C47H81O9P/c1-3-5-7-8-9-10-11-12-13-14-15-16-17-20-24-27-30-33-37-41-47(50)56-45(43-55-57(51,52)53)42-54-46(49)40-36-32-29-26-23-21-18-19-22-25-28-31-35-39-44(48)38-34-6-4-2/h6,19,21-23,28-29,31-32,34-35,39,44-45,48H,3-5,7-18,20,24-27,30,33,36-38,40-43H2,1-2H3,(H2,51,52,53)/b22-19-,23-21-,31-28+,32-29-,34-6-,39-35+/t44?,45-/m1/s1. The zero-order valence-corrected chi connectivity index (χ0v) is 36.7. The molecule has 10 heteroatoms. The average Bonchev–Trinajstić information content (AvgIpc) is 3.18. The fourth-order valence-corrected chi connectivity index (χ4v) is 6.37. The van der Waals surface area contributed by atoms with Crippen molar-refractivity contribution in [2.75, 3.05) is 13.2 Å². The van der Waals surface area contributed by atoms with E-state index in [4.69, 9.17) is 19.3 Å². The molecule has 0 fully saturated rings. The number of unbranched alkanes of at least 4 members (excludes halogenated alkanes) is 18. The summed E-state index contributed by atoms with van der Waals surface area (Å²) in [5.41, 5.74) is 0. The van der Waals surface area contributed by atoms with Crippen molar-refractivity contribution in [2.45, 2.75) is 199 Å². The van der Waals surface area contributed by atoms with Crippen molar-refractivity contribution in [3.63, 3.8) is 0 Å². The molecular formula is C47H81O9P. The number of hydrogen-bond acceptors (Lipinski definition) is 7. The summed E-state index contributed by atoms with van der Waals surface area (Å²) in [5.74, 6) is -1.00. The maximum Gasteiger partial charge on any atom is 0.469 e. The third kappa shape index (κ3) is 44.4. The number of ether oxygens (including phenoxy) is 2. The van der Waals surface area contributed by atoms with Crippen LogP contribution in [0, 0.1) is 0 Å². The number of hydrogen-bond donors (Lipinski definition) is 3. The number of aliphatic hydroxyl groups is 1. The lowest BCUT2D eigenvalue weighted by molar-refractivity contribution is -0.161. The van der Waals surface area contributed by atoms with Crippen LogP contribution in [0.5, 0.6) is 0 Å². The first-order valence-electron chi connectivity index (χ1n) is 22.3. The van der Waals surface area contributed by atoms with Gasteiger partial charge in [0.2, 0.25) is 0 Å². The molecule has 2 atom stereocenters. The van der Waals surface area contributed by atoms with Gasteiger partial charge in [0, 0.05) is 12.8 Å². The highest BCUT2D eigenvalue weighted by Crippen LogP contribution is 2.36. The summed E-state index contributed by atoms with van der Waals surface area (Å²) in [6.07, 6.45) is 51.1. The molecule has 1 unspecified atom stereocenters. The number of carbonyl (C=O) groups is 2. The molecule has 0 aliphatic carbocycles. The molecule has 0 aromatic rings. The number of rotatable bonds is 40. The van der Waals surface area contributed by atoms with Gasteiger partial charge in [-0.2, -0.15) is 0 Å². The molecule has 0 radical (unpaired) electrons. The number of esters is 2. The molecule has 0 saturated carbocycles. The third-order valence-electron chi connectivity index (χ3n) is 9.33. The first-order chi connectivity index (χ1) is 27.7. The monoisotopic (exact) mass is 821 g/mol. The summed E-state index contributed by atoms with van der Waals surface area (Å²) in [7, 11) is -4.78. The Morgan fingerprint density at radius 2 is 1.05 bits per heavy atom. The molecule has 3 N–H and O–H groups in total. The molecule has 0 aliphatic rings. The largest absolute Gasteiger partial charge is 0.469 e. The second-order valence-electron chi connectivity index (χ2n) is 14.9. The van der Waals surface area contributed by atoms with Crippen LogP contribution >= 0.6 is 7.82 Å². The van der Waals surface area contributed by atoms with Gasteiger partial charge in [-0.3, -0.25) is 14.1 Å². The number of allylic oxidation sites excluding steroid dienone is 10. The summed E-state index contributed by atoms with van der Waals surface area (Å²) >= 11 is 0. The molecule has 0 spiro atoms. The molecule has 328 valence electrons. The normalized spacial score (nSPS) is 13.7. The Hall–Kier alpha value is -2.55. The lowest BCUT2D eigenvalue weighted by atomic mass is 10.0. The number of phosphoric ester groups is 1. The lowest BCUT2D eigenvalue weighted by Gasteiger charge is -2.18. The molecular weight excluding hydrogens is 739 g/mol. The van der Waals surface area contributed by atoms with E-state index in [2.05, 4.69) is 36.6 Å². The minimum atomic E-state index is -4.78. The zero-order chi connectivity index (χ0) is 41.9. The van der Waals surface area contributed by atoms with Crippen LogP contribution < -0.4 is 0 Å². The number of phosphoric acid groups is 1. The van der Waals surface area contributed by atoms with E-state index in [-0.39, 0.29) is 19.4 Å². The van der Waals surface area contributed by atoms with Crippen molar-refractivity contribution in [1.82, 2.24) is 0 Å². The Morgan fingerprint density at radius 3 is 1.56 bits per heavy atom. The van der Waals surface area contributed by atoms with Crippen molar-refractivity contribution in [2.24, 2.45) is 0 Å². The average molecular weight is 821 g/mol. The van der Waals surface area contributed by atoms with Gasteiger partial charge in [0.1, 0.15) is 6.61 Å². The van der Waals surface area contributed by atoms with Crippen molar-refractivity contribution in [1.29, 1.82) is 0 Å². The molecule has 0 aliphatic heterocycles. The van der Waals surface area contributed by atoms with Crippen molar-refractivity contribution in [3.8, 4) is 0 Å². The molecule has 0 aromatic heterocycles. The molecule has 9 nitrogen and oxygen atoms in total. The molecule has 0 heterocycles. The van der Waals surface area contributed by atoms with Gasteiger partial charge >= 0.3 is 19.8 Å². The Labute approximate surface area is 347 Å². The second kappa shape index (κ2) is 41.6. The maximum atomic E-state index is 12.4. The van der Waals surface area contributed by atoms with Gasteiger partial charge in [-0.15, -0.1) is 0 Å². The summed E-state index contributed by atoms with van der Waals surface area (Å²) in [6, 6.07) is 0. The zero-order valence-electron chi connectivity index (χ0n) is 35.8. The van der Waals surface area contributed by atoms with Crippen LogP contribution in [0.3, 0.4) is 0 Å². The van der Waals surface area contributed by atoms with E-state index in [1.165, 1.54) is 96.3 Å². The topological polar surface area (TPSA) is 140 Å². The fraction of sp³-hybridized carbons (Fsp3) is 0.702. The van der Waals surface area contributed by atoms with Crippen LogP contribution in [0.2, 0.25) is 0 Å². The fourth-order valence-electron chi connectivity index (χ4n) is 6.01. The van der Waals surface area contributed by atoms with Crippen LogP contribution in [-0.4, -0.2) is 52.3 Å². The van der Waals surface area contributed by atoms with Crippen molar-refractivity contribution < 1.29 is 43.0 Å². The van der Waals surface area contributed by atoms with Crippen LogP contribution in [-0.2, 0) is 28.2 Å². The molecule has 0 saturated heterocycles. The predicted octanol–water partition coefficient (Wildman–Crippen LogP) is 12.8. The molecule has 0 amide bonds. The Balaban J connectivity index is 4.03. The smallest absolute Gasteiger partial charge is 0.462 e. The van der Waals surface area contributed by atoms with Gasteiger partial charge in [0.05, 0.1) is 12.7 Å². The van der Waals surface area contributed by atoms with Gasteiger partial charge in [0.15, 0.2) is 6.10 Å². The highest BCUT2D eigenvalue weighted by Gasteiger charge is 2.22. The van der Waals surface area contributed by atoms with E-state index in [0.717, 1.165) is 44.9 Å². The predicted molar refractivity (Wildman–Crippen MR) is 236 cm³/mol. The van der Waals surface area contributed by atoms with Crippen LogP contribution in [0.1, 0.15) is 187 Å². The first-order valence-corrected chi connectivity index (χ1v) is 23.9. The van der Waals surface area contributed by atoms with Gasteiger partial charge in [-0.25, -0.2) is 4.57 Å². The van der Waals surface area contributed by atoms with Crippen LogP contribution in [0.15, 0.2) is 72.9 Å². The van der Waals surface area contributed by atoms with E-state index in [1.54, 1.807) is 6.08 Å². The first kappa shape index (κ1) is 54.5. The summed E-state index contributed by atoms with van der Waals surface area (Å²) in [5, 5.41) is 9.82. The van der Waals surface area contributed by atoms with Gasteiger partial charge < -0.3 is 24.4 Å². The highest BCUT2D eigenvalue weighted by molar-refractivity contribution is 7.46. The van der Waals surface area contributed by atoms with Crippen LogP contribution in [0.4, 0.5) is 0 Å². The van der Waals surface area contributed by atoms with E-state index in [0.29, 0.717) is 19.3 Å². The van der Waals surface area contributed by atoms with Gasteiger partial charge in [-0.05, 0) is 44.9 Å². The minimum absolute atomic E-state index is 0.125. The highest BCUT2D eigenvalue weighted by atomic mass is 31.2. The van der Waals surface area contributed by atoms with E-state index in [1.807, 2.05) is 48.6 Å². The molecule has 0 rings (SSSR count). The van der Waals surface area contributed by atoms with Gasteiger partial charge in [0.25, 0.3) is 0 Å². The maximum absolute atomic E-state index is 12.4. The van der Waals surface area contributed by atoms with Crippen LogP contribution in [0.25, 0.3) is 0 Å². The van der Waals surface area contributed by atoms with E-state index < -0.39 is 38.6 Å². The number of carbonyl (C=O) groups excluding carboxylic acids is 2. The molecule has 0 aromatic carbocycles. The Bertz CT molecular complexity index is 1170. The Kier molecular flexibility index (Phi) is 39.7. The van der Waals surface area contributed by atoms with E-state index in [9.17, 15) is 19.3 Å². The third-order valence-corrected chi connectivity index (χ3v) is 9.82. The summed E-state index contributed by atoms with van der Waals surface area (Å²) in [6.45, 7) is 3.43. The summed E-state index contributed by atoms with van der Waals surface area (Å²) in [4.78, 5) is 42.9. The quantitative estimate of drug-likeness (QED) is 0.0181. The molecule has 57 heavy (non-hydrogen) atoms. The summed E-state index contributed by atoms with van der Waals surface area (Å²) < 4.78 is 26.3. The number of aliphatic hydroxyl groups excluding tert-OH is 1. The lowest BCUT2D eigenvalue weighted by Crippen LogP contribution is -2.29. The Morgan fingerprint density at radius 1 is 0.561 bits per heavy atom. The molecule has 0 bridgehead atoms. The van der Waals surface area contributed by atoms with E-state index >= 15 is 0 Å². The second-order valence-corrected chi connectivity index (χ2v) is 16.1. The minimum Gasteiger partial charge on any atom is -0.462 e. The SMILES string of the molecule is CC/C=C\CC(O)/C=C/C=C/C/C=C\C/C=C\C/C=C\CCC(=O)OC[C@H](COP(=O)(O)O)OC(=O)CCCCCCCCCCCCCCCCCCCCC.